The molecule has 8 heteroatoms. The normalized spacial score (nSPS) is 11.5. The number of carbonyl (C=O) groups is 3. The van der Waals surface area contributed by atoms with Gasteiger partial charge >= 0.3 is 11.9 Å². The summed E-state index contributed by atoms with van der Waals surface area (Å²) in [6.45, 7) is 3.66. The average molecular weight is 408 g/mol. The Hall–Kier alpha value is -2.32. The molecule has 0 aliphatic rings. The molecule has 1 unspecified atom stereocenters. The van der Waals surface area contributed by atoms with E-state index in [1.165, 1.54) is 30.2 Å². The van der Waals surface area contributed by atoms with Crippen LogP contribution in [0.15, 0.2) is 35.7 Å². The Balaban J connectivity index is 2.23. The summed E-state index contributed by atoms with van der Waals surface area (Å²) < 4.78 is 9.75. The molecule has 27 heavy (non-hydrogen) atoms. The van der Waals surface area contributed by atoms with E-state index in [4.69, 9.17) is 4.74 Å². The van der Waals surface area contributed by atoms with Crippen LogP contribution in [0, 0.1) is 0 Å². The summed E-state index contributed by atoms with van der Waals surface area (Å²) in [7, 11) is 1.30. The highest BCUT2D eigenvalue weighted by molar-refractivity contribution is 8.01. The molecule has 2 rings (SSSR count). The minimum absolute atomic E-state index is 0.0789. The molecular formula is C19H21NO5S2. The average Bonchev–Trinajstić information content (AvgIpc) is 3.10. The molecule has 1 N–H and O–H groups in total. The molecule has 144 valence electrons. The number of thioether (sulfide) groups is 1. The number of hydrogen-bond acceptors (Lipinski definition) is 7. The van der Waals surface area contributed by atoms with Crippen LogP contribution < -0.4 is 5.32 Å². The van der Waals surface area contributed by atoms with Gasteiger partial charge in [0.15, 0.2) is 0 Å². The molecule has 6 nitrogen and oxygen atoms in total. The molecule has 0 aliphatic heterocycles. The lowest BCUT2D eigenvalue weighted by Gasteiger charge is -2.12. The summed E-state index contributed by atoms with van der Waals surface area (Å²) in [6, 6.07) is 9.44. The fourth-order valence-corrected chi connectivity index (χ4v) is 3.90. The number of hydrogen-bond donors (Lipinski definition) is 1. The lowest BCUT2D eigenvalue weighted by molar-refractivity contribution is -0.137. The van der Waals surface area contributed by atoms with E-state index in [0.29, 0.717) is 16.1 Å². The maximum Gasteiger partial charge on any atom is 0.341 e. The van der Waals surface area contributed by atoms with Gasteiger partial charge in [0.2, 0.25) is 5.91 Å². The van der Waals surface area contributed by atoms with Crippen LogP contribution in [0.1, 0.15) is 24.2 Å². The highest BCUT2D eigenvalue weighted by Crippen LogP contribution is 2.36. The number of benzene rings is 1. The number of thiophene rings is 1. The van der Waals surface area contributed by atoms with Crippen LogP contribution in [0.5, 0.6) is 0 Å². The number of rotatable bonds is 8. The lowest BCUT2D eigenvalue weighted by Crippen LogP contribution is -2.24. The maximum absolute atomic E-state index is 12.5. The Labute approximate surface area is 166 Å². The van der Waals surface area contributed by atoms with Gasteiger partial charge in [0.25, 0.3) is 0 Å². The minimum Gasteiger partial charge on any atom is -0.468 e. The zero-order valence-electron chi connectivity index (χ0n) is 15.3. The van der Waals surface area contributed by atoms with Gasteiger partial charge in [0.1, 0.15) is 10.6 Å². The van der Waals surface area contributed by atoms with Gasteiger partial charge in [-0.1, -0.05) is 30.3 Å². The maximum atomic E-state index is 12.5. The number of esters is 2. The Morgan fingerprint density at radius 2 is 1.93 bits per heavy atom. The molecule has 1 atom stereocenters. The molecule has 2 aromatic rings. The highest BCUT2D eigenvalue weighted by Gasteiger charge is 2.24. The molecule has 1 heterocycles. The predicted molar refractivity (Wildman–Crippen MR) is 108 cm³/mol. The first-order chi connectivity index (χ1) is 13.0. The third kappa shape index (κ3) is 5.58. The third-order valence-electron chi connectivity index (χ3n) is 3.64. The van der Waals surface area contributed by atoms with E-state index in [1.54, 1.807) is 13.8 Å². The Kier molecular flexibility index (Phi) is 7.87. The summed E-state index contributed by atoms with van der Waals surface area (Å²) in [6.07, 6.45) is 0. The largest absolute Gasteiger partial charge is 0.468 e. The topological polar surface area (TPSA) is 81.7 Å². The van der Waals surface area contributed by atoms with Gasteiger partial charge in [-0.25, -0.2) is 4.79 Å². The van der Waals surface area contributed by atoms with E-state index in [9.17, 15) is 14.4 Å². The van der Waals surface area contributed by atoms with Crippen LogP contribution in [-0.2, 0) is 19.1 Å². The third-order valence-corrected chi connectivity index (χ3v) is 5.65. The summed E-state index contributed by atoms with van der Waals surface area (Å²) in [5.41, 5.74) is 1.92. The van der Waals surface area contributed by atoms with Crippen LogP contribution in [0.3, 0.4) is 0 Å². The Morgan fingerprint density at radius 3 is 2.56 bits per heavy atom. The van der Waals surface area contributed by atoms with Crippen LogP contribution in [0.4, 0.5) is 5.00 Å². The van der Waals surface area contributed by atoms with Gasteiger partial charge in [0, 0.05) is 10.9 Å². The molecule has 1 amide bonds. The van der Waals surface area contributed by atoms with Gasteiger partial charge in [-0.3, -0.25) is 9.59 Å². The van der Waals surface area contributed by atoms with Gasteiger partial charge < -0.3 is 14.8 Å². The van der Waals surface area contributed by atoms with Crippen molar-refractivity contribution in [1.29, 1.82) is 0 Å². The molecule has 1 aromatic carbocycles. The van der Waals surface area contributed by atoms with Gasteiger partial charge in [-0.2, -0.15) is 0 Å². The van der Waals surface area contributed by atoms with Crippen molar-refractivity contribution in [2.45, 2.75) is 19.1 Å². The number of methoxy groups -OCH3 is 1. The second-order valence-electron chi connectivity index (χ2n) is 5.46. The first-order valence-corrected chi connectivity index (χ1v) is 10.2. The quantitative estimate of drug-likeness (QED) is 0.670. The van der Waals surface area contributed by atoms with Crippen molar-refractivity contribution in [3.63, 3.8) is 0 Å². The van der Waals surface area contributed by atoms with Crippen molar-refractivity contribution in [2.24, 2.45) is 0 Å². The van der Waals surface area contributed by atoms with E-state index >= 15 is 0 Å². The van der Waals surface area contributed by atoms with Crippen molar-refractivity contribution >= 4 is 45.9 Å². The number of ether oxygens (including phenoxy) is 2. The molecule has 0 bridgehead atoms. The molecular weight excluding hydrogens is 386 g/mol. The van der Waals surface area contributed by atoms with Crippen molar-refractivity contribution in [3.8, 4) is 11.1 Å². The number of carbonyl (C=O) groups excluding carboxylic acids is 3. The Bertz CT molecular complexity index is 804. The van der Waals surface area contributed by atoms with Crippen LogP contribution in [-0.4, -0.2) is 42.6 Å². The SMILES string of the molecule is CCOC(=O)c1c(-c2ccccc2)csc1NC(=O)C(C)SCC(=O)OC. The van der Waals surface area contributed by atoms with E-state index in [2.05, 4.69) is 10.1 Å². The lowest BCUT2D eigenvalue weighted by atomic mass is 10.0. The Morgan fingerprint density at radius 1 is 1.22 bits per heavy atom. The standard InChI is InChI=1S/C19H21NO5S2/c1-4-25-19(23)16-14(13-8-6-5-7-9-13)10-27-18(16)20-17(22)12(2)26-11-15(21)24-3/h5-10,12H,4,11H2,1-3H3,(H,20,22). The van der Waals surface area contributed by atoms with E-state index in [-0.39, 0.29) is 18.3 Å². The fourth-order valence-electron chi connectivity index (χ4n) is 2.23. The summed E-state index contributed by atoms with van der Waals surface area (Å²) in [5, 5.41) is 4.56. The fraction of sp³-hybridized carbons (Fsp3) is 0.316. The van der Waals surface area contributed by atoms with Gasteiger partial charge in [-0.15, -0.1) is 23.1 Å². The number of amides is 1. The first-order valence-electron chi connectivity index (χ1n) is 8.31. The van der Waals surface area contributed by atoms with Crippen molar-refractivity contribution in [2.75, 3.05) is 24.8 Å². The monoisotopic (exact) mass is 407 g/mol. The first kappa shape index (κ1) is 21.0. The smallest absolute Gasteiger partial charge is 0.341 e. The van der Waals surface area contributed by atoms with Crippen molar-refractivity contribution in [1.82, 2.24) is 0 Å². The zero-order valence-corrected chi connectivity index (χ0v) is 16.9. The van der Waals surface area contributed by atoms with Gasteiger partial charge in [-0.05, 0) is 19.4 Å². The van der Waals surface area contributed by atoms with Crippen molar-refractivity contribution in [3.05, 3.63) is 41.3 Å². The van der Waals surface area contributed by atoms with E-state index in [0.717, 1.165) is 5.56 Å². The van der Waals surface area contributed by atoms with Crippen molar-refractivity contribution < 1.29 is 23.9 Å². The zero-order chi connectivity index (χ0) is 19.8. The van der Waals surface area contributed by atoms with E-state index < -0.39 is 17.2 Å². The molecule has 0 spiro atoms. The molecule has 0 saturated carbocycles. The molecule has 0 saturated heterocycles. The minimum atomic E-state index is -0.485. The predicted octanol–water partition coefficient (Wildman–Crippen LogP) is 3.83. The van der Waals surface area contributed by atoms with Crippen LogP contribution in [0.2, 0.25) is 0 Å². The van der Waals surface area contributed by atoms with Crippen LogP contribution >= 0.6 is 23.1 Å². The molecule has 0 aliphatic carbocycles. The second-order valence-corrected chi connectivity index (χ2v) is 7.67. The molecule has 0 fully saturated rings. The number of anilines is 1. The second kappa shape index (κ2) is 10.1. The van der Waals surface area contributed by atoms with E-state index in [1.807, 2.05) is 35.7 Å². The number of nitrogens with one attached hydrogen (secondary N) is 1. The van der Waals surface area contributed by atoms with Crippen LogP contribution in [0.25, 0.3) is 11.1 Å². The van der Waals surface area contributed by atoms with Gasteiger partial charge in [0.05, 0.1) is 24.7 Å². The summed E-state index contributed by atoms with van der Waals surface area (Å²) in [4.78, 5) is 36.2. The summed E-state index contributed by atoms with van der Waals surface area (Å²) in [5.74, 6) is -1.09. The molecule has 0 radical (unpaired) electrons. The molecule has 1 aromatic heterocycles. The highest BCUT2D eigenvalue weighted by atomic mass is 32.2. The summed E-state index contributed by atoms with van der Waals surface area (Å²) >= 11 is 2.43.